The number of ether oxygens (including phenoxy) is 2. The zero-order valence-electron chi connectivity index (χ0n) is 14.4. The standard InChI is InChI=1S/C19H24N4O2/c1-2-7-20-18(6-1)21-8-9-22-10-12-23(13-11-22)16-4-3-5-17-19(16)25-15-14-24-17/h1-7H,8-15H2,(H,20,21). The molecule has 6 nitrogen and oxygen atoms in total. The summed E-state index contributed by atoms with van der Waals surface area (Å²) in [6, 6.07) is 12.1. The second-order valence-electron chi connectivity index (χ2n) is 6.27. The van der Waals surface area contributed by atoms with Crippen molar-refractivity contribution in [1.82, 2.24) is 9.88 Å². The Morgan fingerprint density at radius 3 is 2.68 bits per heavy atom. The summed E-state index contributed by atoms with van der Waals surface area (Å²) >= 11 is 0. The molecule has 2 aromatic rings. The van der Waals surface area contributed by atoms with Crippen LogP contribution < -0.4 is 19.7 Å². The van der Waals surface area contributed by atoms with Crippen molar-refractivity contribution in [2.24, 2.45) is 0 Å². The van der Waals surface area contributed by atoms with Gasteiger partial charge in [0.15, 0.2) is 11.5 Å². The molecule has 1 aromatic heterocycles. The van der Waals surface area contributed by atoms with Gasteiger partial charge >= 0.3 is 0 Å². The molecule has 6 heteroatoms. The molecule has 0 saturated carbocycles. The zero-order valence-corrected chi connectivity index (χ0v) is 14.4. The third-order valence-corrected chi connectivity index (χ3v) is 4.66. The van der Waals surface area contributed by atoms with Crippen LogP contribution in [0.2, 0.25) is 0 Å². The molecule has 25 heavy (non-hydrogen) atoms. The Hall–Kier alpha value is -2.47. The summed E-state index contributed by atoms with van der Waals surface area (Å²) in [7, 11) is 0. The highest BCUT2D eigenvalue weighted by atomic mass is 16.6. The molecule has 4 rings (SSSR count). The van der Waals surface area contributed by atoms with Gasteiger partial charge in [0.25, 0.3) is 0 Å². The second kappa shape index (κ2) is 7.61. The molecule has 1 saturated heterocycles. The minimum atomic E-state index is 0.628. The third-order valence-electron chi connectivity index (χ3n) is 4.66. The average Bonchev–Trinajstić information content (AvgIpc) is 2.69. The van der Waals surface area contributed by atoms with Gasteiger partial charge in [0.2, 0.25) is 0 Å². The maximum atomic E-state index is 5.85. The summed E-state index contributed by atoms with van der Waals surface area (Å²) < 4.78 is 11.5. The molecule has 2 aliphatic rings. The molecule has 0 spiro atoms. The van der Waals surface area contributed by atoms with Crippen molar-refractivity contribution in [3.8, 4) is 11.5 Å². The number of nitrogens with one attached hydrogen (secondary N) is 1. The Morgan fingerprint density at radius 1 is 0.960 bits per heavy atom. The van der Waals surface area contributed by atoms with Crippen molar-refractivity contribution in [2.75, 3.05) is 62.7 Å². The van der Waals surface area contributed by atoms with Crippen LogP contribution in [0.4, 0.5) is 11.5 Å². The van der Waals surface area contributed by atoms with E-state index < -0.39 is 0 Å². The first-order valence-electron chi connectivity index (χ1n) is 8.91. The summed E-state index contributed by atoms with van der Waals surface area (Å²) in [6.45, 7) is 7.30. The van der Waals surface area contributed by atoms with E-state index in [1.165, 1.54) is 0 Å². The van der Waals surface area contributed by atoms with Crippen molar-refractivity contribution in [2.45, 2.75) is 0 Å². The number of fused-ring (bicyclic) bond motifs is 1. The lowest BCUT2D eigenvalue weighted by molar-refractivity contribution is 0.171. The summed E-state index contributed by atoms with van der Waals surface area (Å²) in [5.74, 6) is 2.71. The van der Waals surface area contributed by atoms with Crippen LogP contribution in [0.5, 0.6) is 11.5 Å². The first-order valence-corrected chi connectivity index (χ1v) is 8.91. The van der Waals surface area contributed by atoms with Gasteiger partial charge in [-0.25, -0.2) is 4.98 Å². The normalized spacial score (nSPS) is 17.4. The molecule has 0 amide bonds. The van der Waals surface area contributed by atoms with Crippen molar-refractivity contribution in [3.05, 3.63) is 42.6 Å². The topological polar surface area (TPSA) is 49.9 Å². The molecule has 0 atom stereocenters. The Bertz CT molecular complexity index is 687. The van der Waals surface area contributed by atoms with Gasteiger partial charge in [-0.15, -0.1) is 0 Å². The molecule has 2 aliphatic heterocycles. The number of benzene rings is 1. The van der Waals surface area contributed by atoms with E-state index in [2.05, 4.69) is 26.2 Å². The van der Waals surface area contributed by atoms with Gasteiger partial charge in [-0.2, -0.15) is 0 Å². The monoisotopic (exact) mass is 340 g/mol. The van der Waals surface area contributed by atoms with Gasteiger partial charge < -0.3 is 19.7 Å². The highest BCUT2D eigenvalue weighted by Gasteiger charge is 2.23. The van der Waals surface area contributed by atoms with Crippen LogP contribution in [-0.2, 0) is 0 Å². The lowest BCUT2D eigenvalue weighted by atomic mass is 10.2. The number of anilines is 2. The molecule has 0 unspecified atom stereocenters. The first-order chi connectivity index (χ1) is 12.4. The van der Waals surface area contributed by atoms with Gasteiger partial charge in [-0.1, -0.05) is 12.1 Å². The fourth-order valence-electron chi connectivity index (χ4n) is 3.33. The van der Waals surface area contributed by atoms with Crippen molar-refractivity contribution in [3.63, 3.8) is 0 Å². The number of rotatable bonds is 5. The summed E-state index contributed by atoms with van der Waals surface area (Å²) in [6.07, 6.45) is 1.81. The fraction of sp³-hybridized carbons (Fsp3) is 0.421. The van der Waals surface area contributed by atoms with Crippen LogP contribution >= 0.6 is 0 Å². The molecule has 3 heterocycles. The minimum Gasteiger partial charge on any atom is -0.486 e. The van der Waals surface area contributed by atoms with Gasteiger partial charge in [-0.05, 0) is 24.3 Å². The molecular formula is C19H24N4O2. The Balaban J connectivity index is 1.29. The first kappa shape index (κ1) is 16.0. The Kier molecular flexibility index (Phi) is 4.88. The van der Waals surface area contributed by atoms with Crippen molar-refractivity contribution >= 4 is 11.5 Å². The number of hydrogen-bond donors (Lipinski definition) is 1. The van der Waals surface area contributed by atoms with E-state index in [9.17, 15) is 0 Å². The highest BCUT2D eigenvalue weighted by Crippen LogP contribution is 2.39. The zero-order chi connectivity index (χ0) is 16.9. The summed E-state index contributed by atoms with van der Waals surface area (Å²) in [5, 5.41) is 3.37. The molecule has 0 bridgehead atoms. The molecule has 1 N–H and O–H groups in total. The fourth-order valence-corrected chi connectivity index (χ4v) is 3.33. The predicted octanol–water partition coefficient (Wildman–Crippen LogP) is 2.09. The van der Waals surface area contributed by atoms with Crippen LogP contribution in [0.1, 0.15) is 0 Å². The number of aromatic nitrogens is 1. The number of para-hydroxylation sites is 1. The van der Waals surface area contributed by atoms with Crippen LogP contribution in [0, 0.1) is 0 Å². The summed E-state index contributed by atoms with van der Waals surface area (Å²) in [5.41, 5.74) is 1.16. The maximum Gasteiger partial charge on any atom is 0.184 e. The highest BCUT2D eigenvalue weighted by molar-refractivity contribution is 5.65. The van der Waals surface area contributed by atoms with Crippen LogP contribution in [0.25, 0.3) is 0 Å². The van der Waals surface area contributed by atoms with E-state index in [0.717, 1.165) is 62.3 Å². The number of nitrogens with zero attached hydrogens (tertiary/aromatic N) is 3. The maximum absolute atomic E-state index is 5.85. The van der Waals surface area contributed by atoms with E-state index in [-0.39, 0.29) is 0 Å². The minimum absolute atomic E-state index is 0.628. The smallest absolute Gasteiger partial charge is 0.184 e. The average molecular weight is 340 g/mol. The molecule has 0 radical (unpaired) electrons. The van der Waals surface area contributed by atoms with Gasteiger partial charge in [-0.3, -0.25) is 4.90 Å². The predicted molar refractivity (Wildman–Crippen MR) is 98.8 cm³/mol. The molecule has 132 valence electrons. The van der Waals surface area contributed by atoms with Crippen molar-refractivity contribution < 1.29 is 9.47 Å². The SMILES string of the molecule is c1ccc(NCCN2CCN(c3cccc4c3OCCO4)CC2)nc1. The Morgan fingerprint density at radius 2 is 1.84 bits per heavy atom. The lowest BCUT2D eigenvalue weighted by Crippen LogP contribution is -2.47. The van der Waals surface area contributed by atoms with E-state index in [1.54, 1.807) is 0 Å². The molecule has 1 fully saturated rings. The van der Waals surface area contributed by atoms with Crippen molar-refractivity contribution in [1.29, 1.82) is 0 Å². The summed E-state index contributed by atoms with van der Waals surface area (Å²) in [4.78, 5) is 9.17. The van der Waals surface area contributed by atoms with E-state index in [4.69, 9.17) is 9.47 Å². The van der Waals surface area contributed by atoms with Gasteiger partial charge in [0, 0.05) is 45.5 Å². The van der Waals surface area contributed by atoms with Crippen LogP contribution in [0.3, 0.4) is 0 Å². The number of piperazine rings is 1. The lowest BCUT2D eigenvalue weighted by Gasteiger charge is -2.37. The van der Waals surface area contributed by atoms with E-state index in [0.29, 0.717) is 13.2 Å². The van der Waals surface area contributed by atoms with E-state index in [1.807, 2.05) is 36.5 Å². The number of pyridine rings is 1. The second-order valence-corrected chi connectivity index (χ2v) is 6.27. The largest absolute Gasteiger partial charge is 0.486 e. The molecule has 1 aromatic carbocycles. The third kappa shape index (κ3) is 3.79. The molecule has 0 aliphatic carbocycles. The van der Waals surface area contributed by atoms with E-state index >= 15 is 0 Å². The van der Waals surface area contributed by atoms with Crippen LogP contribution in [-0.4, -0.2) is 62.4 Å². The van der Waals surface area contributed by atoms with Crippen LogP contribution in [0.15, 0.2) is 42.6 Å². The van der Waals surface area contributed by atoms with Gasteiger partial charge in [0.05, 0.1) is 5.69 Å². The quantitative estimate of drug-likeness (QED) is 0.899. The number of hydrogen-bond acceptors (Lipinski definition) is 6. The Labute approximate surface area is 148 Å². The van der Waals surface area contributed by atoms with Gasteiger partial charge in [0.1, 0.15) is 19.0 Å². The molecular weight excluding hydrogens is 316 g/mol.